The zero-order valence-electron chi connectivity index (χ0n) is 18.0. The fraction of sp³-hybridized carbons (Fsp3) is 0.652. The number of guanidine groups is 1. The van der Waals surface area contributed by atoms with Crippen LogP contribution in [0.2, 0.25) is 0 Å². The Bertz CT molecular complexity index is 684. The predicted octanol–water partition coefficient (Wildman–Crippen LogP) is 3.50. The number of hydrogen-bond acceptors (Lipinski definition) is 3. The van der Waals surface area contributed by atoms with Crippen molar-refractivity contribution in [2.45, 2.75) is 77.4 Å². The molecule has 6 heteroatoms. The van der Waals surface area contributed by atoms with Gasteiger partial charge in [-0.3, -0.25) is 9.69 Å². The van der Waals surface area contributed by atoms with E-state index in [-0.39, 0.29) is 5.91 Å². The maximum atomic E-state index is 11.8. The maximum absolute atomic E-state index is 11.8. The summed E-state index contributed by atoms with van der Waals surface area (Å²) >= 11 is 0. The summed E-state index contributed by atoms with van der Waals surface area (Å²) in [5.41, 5.74) is 1.94. The van der Waals surface area contributed by atoms with E-state index in [1.54, 1.807) is 0 Å². The first-order valence-corrected chi connectivity index (χ1v) is 11.4. The molecule has 1 aliphatic heterocycles. The summed E-state index contributed by atoms with van der Waals surface area (Å²) in [5, 5.41) is 9.97. The van der Waals surface area contributed by atoms with E-state index < -0.39 is 0 Å². The van der Waals surface area contributed by atoms with Crippen molar-refractivity contribution in [3.8, 4) is 0 Å². The van der Waals surface area contributed by atoms with Crippen LogP contribution in [0.5, 0.6) is 0 Å². The summed E-state index contributed by atoms with van der Waals surface area (Å²) in [4.78, 5) is 19.3. The number of likely N-dealkylation sites (tertiary alicyclic amines) is 1. The van der Waals surface area contributed by atoms with E-state index in [1.807, 2.05) is 25.1 Å². The SMILES string of the molecule is CCCC(=O)Nc1cccc(CN=C(NCC)NC2CCN(C3CCCC3)C2)c1. The molecule has 0 radical (unpaired) electrons. The molecule has 0 bridgehead atoms. The van der Waals surface area contributed by atoms with Crippen LogP contribution < -0.4 is 16.0 Å². The van der Waals surface area contributed by atoms with Crippen molar-refractivity contribution < 1.29 is 4.79 Å². The zero-order chi connectivity index (χ0) is 20.5. The largest absolute Gasteiger partial charge is 0.357 e. The number of rotatable bonds is 8. The molecule has 3 rings (SSSR count). The highest BCUT2D eigenvalue weighted by atomic mass is 16.1. The predicted molar refractivity (Wildman–Crippen MR) is 120 cm³/mol. The van der Waals surface area contributed by atoms with Crippen molar-refractivity contribution >= 4 is 17.6 Å². The number of nitrogens with zero attached hydrogens (tertiary/aromatic N) is 2. The Hall–Kier alpha value is -2.08. The number of anilines is 1. The molecule has 1 aromatic rings. The average Bonchev–Trinajstić information content (AvgIpc) is 3.38. The van der Waals surface area contributed by atoms with Crippen LogP contribution in [0.15, 0.2) is 29.3 Å². The van der Waals surface area contributed by atoms with Crippen molar-refractivity contribution in [3.05, 3.63) is 29.8 Å². The van der Waals surface area contributed by atoms with Gasteiger partial charge in [0.1, 0.15) is 0 Å². The first-order valence-electron chi connectivity index (χ1n) is 11.4. The van der Waals surface area contributed by atoms with Crippen molar-refractivity contribution in [1.82, 2.24) is 15.5 Å². The van der Waals surface area contributed by atoms with Crippen LogP contribution in [-0.4, -0.2) is 48.5 Å². The second-order valence-corrected chi connectivity index (χ2v) is 8.26. The summed E-state index contributed by atoms with van der Waals surface area (Å²) in [6, 6.07) is 9.24. The molecule has 0 spiro atoms. The van der Waals surface area contributed by atoms with Gasteiger partial charge in [0.05, 0.1) is 6.54 Å². The van der Waals surface area contributed by atoms with Gasteiger partial charge < -0.3 is 16.0 Å². The minimum absolute atomic E-state index is 0.0659. The number of aliphatic imine (C=N–C) groups is 1. The molecule has 29 heavy (non-hydrogen) atoms. The topological polar surface area (TPSA) is 68.8 Å². The second kappa shape index (κ2) is 11.2. The highest BCUT2D eigenvalue weighted by Crippen LogP contribution is 2.26. The highest BCUT2D eigenvalue weighted by Gasteiger charge is 2.30. The smallest absolute Gasteiger partial charge is 0.224 e. The van der Waals surface area contributed by atoms with Crippen molar-refractivity contribution in [3.63, 3.8) is 0 Å². The first kappa shape index (κ1) is 21.6. The minimum Gasteiger partial charge on any atom is -0.357 e. The van der Waals surface area contributed by atoms with Gasteiger partial charge in [-0.15, -0.1) is 0 Å². The van der Waals surface area contributed by atoms with E-state index in [0.29, 0.717) is 19.0 Å². The van der Waals surface area contributed by atoms with Gasteiger partial charge in [-0.2, -0.15) is 0 Å². The van der Waals surface area contributed by atoms with E-state index >= 15 is 0 Å². The normalized spacial score (nSPS) is 20.8. The third kappa shape index (κ3) is 6.74. The van der Waals surface area contributed by atoms with Crippen LogP contribution in [0.25, 0.3) is 0 Å². The molecule has 1 amide bonds. The van der Waals surface area contributed by atoms with Crippen LogP contribution in [0.1, 0.15) is 64.4 Å². The van der Waals surface area contributed by atoms with Crippen LogP contribution >= 0.6 is 0 Å². The molecule has 1 atom stereocenters. The summed E-state index contributed by atoms with van der Waals surface area (Å²) in [6.45, 7) is 7.86. The van der Waals surface area contributed by atoms with Gasteiger partial charge in [0.15, 0.2) is 5.96 Å². The van der Waals surface area contributed by atoms with Crippen LogP contribution in [0.4, 0.5) is 5.69 Å². The average molecular weight is 400 g/mol. The second-order valence-electron chi connectivity index (χ2n) is 8.26. The lowest BCUT2D eigenvalue weighted by molar-refractivity contribution is -0.116. The fourth-order valence-electron chi connectivity index (χ4n) is 4.39. The van der Waals surface area contributed by atoms with E-state index in [2.05, 4.69) is 33.8 Å². The standard InChI is InChI=1S/C23H37N5O/c1-3-8-22(29)26-19-10-7-9-18(15-19)16-25-23(24-4-2)27-20-13-14-28(17-20)21-11-5-6-12-21/h7,9-10,15,20-21H,3-6,8,11-14,16-17H2,1-2H3,(H,26,29)(H2,24,25,27). The monoisotopic (exact) mass is 399 g/mol. The first-order chi connectivity index (χ1) is 14.2. The lowest BCUT2D eigenvalue weighted by Crippen LogP contribution is -2.45. The molecule has 1 unspecified atom stereocenters. The number of nitrogens with one attached hydrogen (secondary N) is 3. The molecule has 6 nitrogen and oxygen atoms in total. The summed E-state index contributed by atoms with van der Waals surface area (Å²) < 4.78 is 0. The molecule has 1 saturated carbocycles. The molecular formula is C23H37N5O. The summed E-state index contributed by atoms with van der Waals surface area (Å²) in [6.07, 6.45) is 8.10. The number of amides is 1. The lowest BCUT2D eigenvalue weighted by Gasteiger charge is -2.24. The van der Waals surface area contributed by atoms with E-state index in [1.165, 1.54) is 38.6 Å². The Balaban J connectivity index is 1.54. The lowest BCUT2D eigenvalue weighted by atomic mass is 10.2. The van der Waals surface area contributed by atoms with Crippen LogP contribution in [0.3, 0.4) is 0 Å². The van der Waals surface area contributed by atoms with Crippen molar-refractivity contribution in [2.24, 2.45) is 4.99 Å². The number of hydrogen-bond donors (Lipinski definition) is 3. The third-order valence-electron chi connectivity index (χ3n) is 5.85. The molecular weight excluding hydrogens is 362 g/mol. The van der Waals surface area contributed by atoms with Gasteiger partial charge in [-0.25, -0.2) is 4.99 Å². The molecule has 1 aromatic carbocycles. The fourth-order valence-corrected chi connectivity index (χ4v) is 4.39. The van der Waals surface area contributed by atoms with Crippen LogP contribution in [-0.2, 0) is 11.3 Å². The van der Waals surface area contributed by atoms with Gasteiger partial charge in [-0.1, -0.05) is 31.9 Å². The number of carbonyl (C=O) groups is 1. The third-order valence-corrected chi connectivity index (χ3v) is 5.85. The van der Waals surface area contributed by atoms with Gasteiger partial charge in [-0.05, 0) is 50.3 Å². The van der Waals surface area contributed by atoms with E-state index in [9.17, 15) is 4.79 Å². The Morgan fingerprint density at radius 2 is 2.03 bits per heavy atom. The Morgan fingerprint density at radius 1 is 1.21 bits per heavy atom. The molecule has 1 aliphatic carbocycles. The van der Waals surface area contributed by atoms with Gasteiger partial charge in [0.2, 0.25) is 5.91 Å². The molecule has 1 heterocycles. The molecule has 160 valence electrons. The van der Waals surface area contributed by atoms with Crippen molar-refractivity contribution in [1.29, 1.82) is 0 Å². The quantitative estimate of drug-likeness (QED) is 0.462. The molecule has 1 saturated heterocycles. The van der Waals surface area contributed by atoms with E-state index in [4.69, 9.17) is 4.99 Å². The number of benzene rings is 1. The maximum Gasteiger partial charge on any atom is 0.224 e. The minimum atomic E-state index is 0.0659. The van der Waals surface area contributed by atoms with Gasteiger partial charge >= 0.3 is 0 Å². The molecule has 0 aromatic heterocycles. The van der Waals surface area contributed by atoms with Gasteiger partial charge in [0, 0.05) is 43.8 Å². The zero-order valence-corrected chi connectivity index (χ0v) is 18.0. The van der Waals surface area contributed by atoms with Gasteiger partial charge in [0.25, 0.3) is 0 Å². The highest BCUT2D eigenvalue weighted by molar-refractivity contribution is 5.90. The summed E-state index contributed by atoms with van der Waals surface area (Å²) in [7, 11) is 0. The Kier molecular flexibility index (Phi) is 8.35. The molecule has 2 fully saturated rings. The summed E-state index contributed by atoms with van der Waals surface area (Å²) in [5.74, 6) is 0.947. The van der Waals surface area contributed by atoms with Crippen LogP contribution in [0, 0.1) is 0 Å². The number of carbonyl (C=O) groups excluding carboxylic acids is 1. The Labute approximate surface area is 175 Å². The van der Waals surface area contributed by atoms with E-state index in [0.717, 1.165) is 42.8 Å². The van der Waals surface area contributed by atoms with Crippen molar-refractivity contribution in [2.75, 3.05) is 25.0 Å². The molecule has 2 aliphatic rings. The Morgan fingerprint density at radius 3 is 2.79 bits per heavy atom. The molecule has 3 N–H and O–H groups in total.